The molecule has 3 rings (SSSR count). The molecular weight excluding hydrogens is 309 g/mol. The van der Waals surface area contributed by atoms with Crippen molar-refractivity contribution in [1.29, 1.82) is 0 Å². The number of nitrogens with one attached hydrogen (secondary N) is 2. The molecule has 1 unspecified atom stereocenters. The van der Waals surface area contributed by atoms with Gasteiger partial charge in [0, 0.05) is 25.8 Å². The number of halogens is 1. The summed E-state index contributed by atoms with van der Waals surface area (Å²) in [6.07, 6.45) is 3.50. The maximum absolute atomic E-state index is 13.0. The molecule has 2 fully saturated rings. The Hall–Kier alpha value is -1.95. The lowest BCUT2D eigenvalue weighted by molar-refractivity contribution is -0.886. The molecule has 24 heavy (non-hydrogen) atoms. The van der Waals surface area contributed by atoms with Crippen molar-refractivity contribution >= 4 is 11.8 Å². The van der Waals surface area contributed by atoms with Crippen LogP contribution in [0.5, 0.6) is 0 Å². The van der Waals surface area contributed by atoms with Gasteiger partial charge < -0.3 is 15.1 Å². The highest BCUT2D eigenvalue weighted by molar-refractivity contribution is 5.90. The summed E-state index contributed by atoms with van der Waals surface area (Å²) in [6.45, 7) is 4.34. The maximum Gasteiger partial charge on any atom is 0.243 e. The smallest absolute Gasteiger partial charge is 0.243 e. The second-order valence-electron chi connectivity index (χ2n) is 6.70. The first-order chi connectivity index (χ1) is 11.6. The Kier molecular flexibility index (Phi) is 5.45. The molecule has 2 saturated heterocycles. The van der Waals surface area contributed by atoms with Gasteiger partial charge in [0.15, 0.2) is 0 Å². The SMILES string of the molecule is O=C(NCC[NH+]1CCCC1)C1CCC(=O)N1Cc1ccc(F)cc1. The van der Waals surface area contributed by atoms with E-state index >= 15 is 0 Å². The molecule has 2 aliphatic rings. The van der Waals surface area contributed by atoms with E-state index in [0.717, 1.165) is 12.1 Å². The molecule has 0 aromatic heterocycles. The van der Waals surface area contributed by atoms with E-state index in [1.54, 1.807) is 21.9 Å². The lowest BCUT2D eigenvalue weighted by atomic mass is 10.1. The summed E-state index contributed by atoms with van der Waals surface area (Å²) in [5.74, 6) is -0.378. The summed E-state index contributed by atoms with van der Waals surface area (Å²) in [5.41, 5.74) is 0.839. The molecule has 6 heteroatoms. The number of benzene rings is 1. The van der Waals surface area contributed by atoms with Crippen molar-refractivity contribution in [3.63, 3.8) is 0 Å². The molecule has 1 aromatic rings. The van der Waals surface area contributed by atoms with E-state index in [9.17, 15) is 14.0 Å². The van der Waals surface area contributed by atoms with Gasteiger partial charge in [-0.1, -0.05) is 12.1 Å². The zero-order chi connectivity index (χ0) is 16.9. The van der Waals surface area contributed by atoms with Crippen LogP contribution in [0.1, 0.15) is 31.2 Å². The van der Waals surface area contributed by atoms with Crippen LogP contribution in [0.2, 0.25) is 0 Å². The fourth-order valence-electron chi connectivity index (χ4n) is 3.60. The molecule has 0 aliphatic carbocycles. The fourth-order valence-corrected chi connectivity index (χ4v) is 3.60. The van der Waals surface area contributed by atoms with Crippen LogP contribution in [0.15, 0.2) is 24.3 Å². The van der Waals surface area contributed by atoms with E-state index in [0.29, 0.717) is 25.9 Å². The van der Waals surface area contributed by atoms with Gasteiger partial charge in [-0.15, -0.1) is 0 Å². The second-order valence-corrected chi connectivity index (χ2v) is 6.70. The predicted molar refractivity (Wildman–Crippen MR) is 87.8 cm³/mol. The topological polar surface area (TPSA) is 53.9 Å². The third-order valence-electron chi connectivity index (χ3n) is 4.99. The average molecular weight is 334 g/mol. The number of carbonyl (C=O) groups is 2. The quantitative estimate of drug-likeness (QED) is 0.776. The molecule has 1 aromatic carbocycles. The first-order valence-electron chi connectivity index (χ1n) is 8.78. The first-order valence-corrected chi connectivity index (χ1v) is 8.78. The van der Waals surface area contributed by atoms with E-state index in [1.165, 1.54) is 38.1 Å². The standard InChI is InChI=1S/C18H24FN3O2/c19-15-5-3-14(4-6-15)13-22-16(7-8-17(22)23)18(24)20-9-12-21-10-1-2-11-21/h3-6,16H,1-2,7-13H2,(H,20,24)/p+1. The number of rotatable bonds is 6. The molecule has 0 radical (unpaired) electrons. The molecule has 5 nitrogen and oxygen atoms in total. The second kappa shape index (κ2) is 7.75. The zero-order valence-electron chi connectivity index (χ0n) is 13.9. The van der Waals surface area contributed by atoms with Gasteiger partial charge in [0.2, 0.25) is 11.8 Å². The molecule has 2 N–H and O–H groups in total. The van der Waals surface area contributed by atoms with Crippen LogP contribution in [0.3, 0.4) is 0 Å². The highest BCUT2D eigenvalue weighted by Gasteiger charge is 2.35. The minimum Gasteiger partial charge on any atom is -0.349 e. The van der Waals surface area contributed by atoms with Crippen molar-refractivity contribution in [1.82, 2.24) is 10.2 Å². The van der Waals surface area contributed by atoms with Gasteiger partial charge in [-0.05, 0) is 24.1 Å². The van der Waals surface area contributed by atoms with Crippen LogP contribution >= 0.6 is 0 Å². The highest BCUT2D eigenvalue weighted by atomic mass is 19.1. The third-order valence-corrected chi connectivity index (χ3v) is 4.99. The molecule has 0 spiro atoms. The first kappa shape index (κ1) is 16.9. The van der Waals surface area contributed by atoms with E-state index < -0.39 is 6.04 Å². The van der Waals surface area contributed by atoms with Gasteiger partial charge in [-0.3, -0.25) is 9.59 Å². The minimum atomic E-state index is -0.406. The van der Waals surface area contributed by atoms with Gasteiger partial charge in [0.1, 0.15) is 11.9 Å². The Morgan fingerprint density at radius 3 is 2.67 bits per heavy atom. The van der Waals surface area contributed by atoms with Crippen LogP contribution in [0.4, 0.5) is 4.39 Å². The van der Waals surface area contributed by atoms with E-state index in [1.807, 2.05) is 0 Å². The monoisotopic (exact) mass is 334 g/mol. The minimum absolute atomic E-state index is 0.00959. The number of hydrogen-bond acceptors (Lipinski definition) is 2. The third kappa shape index (κ3) is 4.12. The highest BCUT2D eigenvalue weighted by Crippen LogP contribution is 2.21. The summed E-state index contributed by atoms with van der Waals surface area (Å²) in [5, 5.41) is 2.98. The molecule has 2 amide bonds. The van der Waals surface area contributed by atoms with Crippen LogP contribution in [-0.2, 0) is 16.1 Å². The van der Waals surface area contributed by atoms with Crippen molar-refractivity contribution in [3.05, 3.63) is 35.6 Å². The van der Waals surface area contributed by atoms with Crippen LogP contribution in [0.25, 0.3) is 0 Å². The van der Waals surface area contributed by atoms with Gasteiger partial charge in [0.25, 0.3) is 0 Å². The Bertz CT molecular complexity index is 584. The lowest BCUT2D eigenvalue weighted by Gasteiger charge is -2.24. The van der Waals surface area contributed by atoms with Crippen molar-refractivity contribution in [2.24, 2.45) is 0 Å². The number of likely N-dealkylation sites (tertiary alicyclic amines) is 2. The lowest BCUT2D eigenvalue weighted by Crippen LogP contribution is -3.10. The summed E-state index contributed by atoms with van der Waals surface area (Å²) >= 11 is 0. The fraction of sp³-hybridized carbons (Fsp3) is 0.556. The van der Waals surface area contributed by atoms with E-state index in [-0.39, 0.29) is 17.6 Å². The molecular formula is C18H25FN3O2+. The molecule has 130 valence electrons. The molecule has 0 bridgehead atoms. The zero-order valence-corrected chi connectivity index (χ0v) is 13.9. The Morgan fingerprint density at radius 1 is 1.25 bits per heavy atom. The molecule has 2 heterocycles. The van der Waals surface area contributed by atoms with Crippen LogP contribution in [0, 0.1) is 5.82 Å². The largest absolute Gasteiger partial charge is 0.349 e. The Morgan fingerprint density at radius 2 is 1.96 bits per heavy atom. The van der Waals surface area contributed by atoms with E-state index in [4.69, 9.17) is 0 Å². The Labute approximate surface area is 141 Å². The average Bonchev–Trinajstić information content (AvgIpc) is 3.20. The van der Waals surface area contributed by atoms with Crippen molar-refractivity contribution in [2.75, 3.05) is 26.2 Å². The van der Waals surface area contributed by atoms with Gasteiger partial charge in [-0.25, -0.2) is 4.39 Å². The number of hydrogen-bond donors (Lipinski definition) is 2. The van der Waals surface area contributed by atoms with Crippen molar-refractivity contribution in [3.8, 4) is 0 Å². The van der Waals surface area contributed by atoms with Gasteiger partial charge >= 0.3 is 0 Å². The normalized spacial score (nSPS) is 21.5. The summed E-state index contributed by atoms with van der Waals surface area (Å²) in [7, 11) is 0. The number of quaternary nitrogens is 1. The van der Waals surface area contributed by atoms with Gasteiger partial charge in [-0.2, -0.15) is 0 Å². The summed E-state index contributed by atoms with van der Waals surface area (Å²) in [4.78, 5) is 27.7. The van der Waals surface area contributed by atoms with Crippen LogP contribution in [-0.4, -0.2) is 48.9 Å². The van der Waals surface area contributed by atoms with Crippen LogP contribution < -0.4 is 10.2 Å². The number of nitrogens with zero attached hydrogens (tertiary/aromatic N) is 1. The summed E-state index contributed by atoms with van der Waals surface area (Å²) < 4.78 is 13.0. The summed E-state index contributed by atoms with van der Waals surface area (Å²) in [6, 6.07) is 5.67. The predicted octanol–water partition coefficient (Wildman–Crippen LogP) is 0.112. The Balaban J connectivity index is 1.53. The molecule has 1 atom stereocenters. The number of amides is 2. The van der Waals surface area contributed by atoms with Crippen molar-refractivity contribution in [2.45, 2.75) is 38.3 Å². The molecule has 2 aliphatic heterocycles. The number of carbonyl (C=O) groups excluding carboxylic acids is 2. The van der Waals surface area contributed by atoms with E-state index in [2.05, 4.69) is 5.32 Å². The maximum atomic E-state index is 13.0. The van der Waals surface area contributed by atoms with Gasteiger partial charge in [0.05, 0.1) is 26.2 Å². The van der Waals surface area contributed by atoms with Crippen molar-refractivity contribution < 1.29 is 18.9 Å². The molecule has 0 saturated carbocycles.